The van der Waals surface area contributed by atoms with Gasteiger partial charge in [0.15, 0.2) is 11.5 Å². The molecule has 0 bridgehead atoms. The summed E-state index contributed by atoms with van der Waals surface area (Å²) in [6.07, 6.45) is 0. The zero-order chi connectivity index (χ0) is 12.8. The number of phenolic OH excluding ortho intramolecular Hbond substituents is 1. The summed E-state index contributed by atoms with van der Waals surface area (Å²) in [7, 11) is 2.87. The molecule has 0 fully saturated rings. The predicted molar refractivity (Wildman–Crippen MR) is 60.6 cm³/mol. The summed E-state index contributed by atoms with van der Waals surface area (Å²) in [4.78, 5) is 11.6. The van der Waals surface area contributed by atoms with Gasteiger partial charge in [-0.25, -0.2) is 0 Å². The first-order valence-electron chi connectivity index (χ1n) is 4.98. The van der Waals surface area contributed by atoms with Crippen LogP contribution in [-0.2, 0) is 0 Å². The minimum absolute atomic E-state index is 0.0658. The van der Waals surface area contributed by atoms with Crippen molar-refractivity contribution < 1.29 is 24.5 Å². The highest BCUT2D eigenvalue weighted by atomic mass is 16.5. The lowest BCUT2D eigenvalue weighted by molar-refractivity contribution is 0.0941. The van der Waals surface area contributed by atoms with E-state index in [4.69, 9.17) is 14.6 Å². The van der Waals surface area contributed by atoms with Crippen molar-refractivity contribution in [2.75, 3.05) is 27.4 Å². The monoisotopic (exact) mass is 241 g/mol. The van der Waals surface area contributed by atoms with Crippen LogP contribution < -0.4 is 14.8 Å². The number of ether oxygens (including phenoxy) is 2. The average Bonchev–Trinajstić information content (AvgIpc) is 2.35. The Balaban J connectivity index is 3.03. The maximum absolute atomic E-state index is 11.6. The Morgan fingerprint density at radius 2 is 1.88 bits per heavy atom. The number of aliphatic hydroxyl groups excluding tert-OH is 1. The number of aromatic hydroxyl groups is 1. The molecule has 1 aromatic rings. The summed E-state index contributed by atoms with van der Waals surface area (Å²) >= 11 is 0. The third kappa shape index (κ3) is 3.01. The van der Waals surface area contributed by atoms with Gasteiger partial charge in [0.05, 0.1) is 26.4 Å². The molecule has 0 saturated heterocycles. The number of aliphatic hydroxyl groups is 1. The molecule has 3 N–H and O–H groups in total. The fourth-order valence-electron chi connectivity index (χ4n) is 1.31. The Morgan fingerprint density at radius 3 is 2.41 bits per heavy atom. The highest BCUT2D eigenvalue weighted by Crippen LogP contribution is 2.33. The maximum atomic E-state index is 11.6. The molecule has 0 aliphatic heterocycles. The second-order valence-electron chi connectivity index (χ2n) is 3.20. The first-order chi connectivity index (χ1) is 8.13. The van der Waals surface area contributed by atoms with E-state index in [1.807, 2.05) is 0 Å². The number of benzene rings is 1. The van der Waals surface area contributed by atoms with Crippen molar-refractivity contribution in [1.29, 1.82) is 0 Å². The van der Waals surface area contributed by atoms with E-state index >= 15 is 0 Å². The minimum Gasteiger partial charge on any atom is -0.507 e. The molecule has 1 rings (SSSR count). The van der Waals surface area contributed by atoms with E-state index in [0.29, 0.717) is 11.5 Å². The molecule has 0 saturated carbocycles. The van der Waals surface area contributed by atoms with E-state index in [9.17, 15) is 9.90 Å². The lowest BCUT2D eigenvalue weighted by Gasteiger charge is -2.11. The van der Waals surface area contributed by atoms with Crippen molar-refractivity contribution in [2.45, 2.75) is 0 Å². The van der Waals surface area contributed by atoms with Crippen molar-refractivity contribution in [3.8, 4) is 17.2 Å². The molecule has 0 unspecified atom stereocenters. The van der Waals surface area contributed by atoms with Gasteiger partial charge in [-0.05, 0) is 0 Å². The average molecular weight is 241 g/mol. The van der Waals surface area contributed by atoms with E-state index in [0.717, 1.165) is 0 Å². The SMILES string of the molecule is COc1cc(O)c(C(=O)NCCO)cc1OC. The van der Waals surface area contributed by atoms with Crippen LogP contribution in [0.4, 0.5) is 0 Å². The smallest absolute Gasteiger partial charge is 0.255 e. The first-order valence-corrected chi connectivity index (χ1v) is 4.98. The van der Waals surface area contributed by atoms with Gasteiger partial charge in [-0.1, -0.05) is 0 Å². The minimum atomic E-state index is -0.488. The summed E-state index contributed by atoms with van der Waals surface area (Å²) in [5.74, 6) is -0.0150. The van der Waals surface area contributed by atoms with Gasteiger partial charge in [0, 0.05) is 18.7 Å². The molecule has 0 radical (unpaired) electrons. The number of carbonyl (C=O) groups excluding carboxylic acids is 1. The highest BCUT2D eigenvalue weighted by Gasteiger charge is 2.15. The number of hydrogen-bond donors (Lipinski definition) is 3. The lowest BCUT2D eigenvalue weighted by atomic mass is 10.1. The second-order valence-corrected chi connectivity index (χ2v) is 3.20. The van der Waals surface area contributed by atoms with Gasteiger partial charge >= 0.3 is 0 Å². The standard InChI is InChI=1S/C11H15NO5/c1-16-9-5-7(11(15)12-3-4-13)8(14)6-10(9)17-2/h5-6,13-14H,3-4H2,1-2H3,(H,12,15). The Morgan fingerprint density at radius 1 is 1.29 bits per heavy atom. The van der Waals surface area contributed by atoms with Crippen molar-refractivity contribution in [2.24, 2.45) is 0 Å². The van der Waals surface area contributed by atoms with Gasteiger partial charge in [-0.2, -0.15) is 0 Å². The maximum Gasteiger partial charge on any atom is 0.255 e. The third-order valence-corrected chi connectivity index (χ3v) is 2.14. The number of hydrogen-bond acceptors (Lipinski definition) is 5. The molecule has 0 heterocycles. The van der Waals surface area contributed by atoms with Gasteiger partial charge in [0.1, 0.15) is 5.75 Å². The van der Waals surface area contributed by atoms with Crippen molar-refractivity contribution in [3.63, 3.8) is 0 Å². The van der Waals surface area contributed by atoms with E-state index < -0.39 is 5.91 Å². The fraction of sp³-hybridized carbons (Fsp3) is 0.364. The summed E-state index contributed by atoms with van der Waals surface area (Å²) in [5.41, 5.74) is 0.0658. The highest BCUT2D eigenvalue weighted by molar-refractivity contribution is 5.97. The fourth-order valence-corrected chi connectivity index (χ4v) is 1.31. The number of phenols is 1. The topological polar surface area (TPSA) is 88.0 Å². The van der Waals surface area contributed by atoms with Crippen LogP contribution in [-0.4, -0.2) is 43.5 Å². The predicted octanol–water partition coefficient (Wildman–Crippen LogP) is 0.131. The molecule has 0 atom stereocenters. The molecule has 6 heteroatoms. The van der Waals surface area contributed by atoms with Crippen LogP contribution in [0.25, 0.3) is 0 Å². The molecule has 94 valence electrons. The van der Waals surface area contributed by atoms with Gasteiger partial charge in [0.2, 0.25) is 0 Å². The molecular weight excluding hydrogens is 226 g/mol. The molecule has 1 aromatic carbocycles. The van der Waals surface area contributed by atoms with Crippen LogP contribution in [0.1, 0.15) is 10.4 Å². The Hall–Kier alpha value is -1.95. The molecular formula is C11H15NO5. The summed E-state index contributed by atoms with van der Waals surface area (Å²) < 4.78 is 10.00. The van der Waals surface area contributed by atoms with Crippen LogP contribution in [0.3, 0.4) is 0 Å². The van der Waals surface area contributed by atoms with Crippen LogP contribution in [0, 0.1) is 0 Å². The first kappa shape index (κ1) is 13.1. The van der Waals surface area contributed by atoms with Crippen molar-refractivity contribution >= 4 is 5.91 Å². The normalized spacial score (nSPS) is 9.82. The largest absolute Gasteiger partial charge is 0.507 e. The van der Waals surface area contributed by atoms with E-state index in [1.54, 1.807) is 0 Å². The van der Waals surface area contributed by atoms with E-state index in [2.05, 4.69) is 5.32 Å². The summed E-state index contributed by atoms with van der Waals surface area (Å²) in [5, 5.41) is 20.7. The summed E-state index contributed by atoms with van der Waals surface area (Å²) in [6.45, 7) is -0.0492. The quantitative estimate of drug-likeness (QED) is 0.682. The Bertz CT molecular complexity index is 405. The van der Waals surface area contributed by atoms with Gasteiger partial charge < -0.3 is 25.0 Å². The third-order valence-electron chi connectivity index (χ3n) is 2.14. The zero-order valence-corrected chi connectivity index (χ0v) is 9.69. The van der Waals surface area contributed by atoms with Crippen molar-refractivity contribution in [1.82, 2.24) is 5.32 Å². The number of methoxy groups -OCH3 is 2. The molecule has 0 aromatic heterocycles. The molecule has 0 spiro atoms. The number of rotatable bonds is 5. The molecule has 1 amide bonds. The van der Waals surface area contributed by atoms with Gasteiger partial charge in [0.25, 0.3) is 5.91 Å². The molecule has 0 aliphatic rings. The van der Waals surface area contributed by atoms with Crippen molar-refractivity contribution in [3.05, 3.63) is 17.7 Å². The van der Waals surface area contributed by atoms with E-state index in [-0.39, 0.29) is 24.5 Å². The Kier molecular flexibility index (Phi) is 4.59. The summed E-state index contributed by atoms with van der Waals surface area (Å²) in [6, 6.07) is 2.67. The van der Waals surface area contributed by atoms with Gasteiger partial charge in [-0.15, -0.1) is 0 Å². The molecule has 0 aliphatic carbocycles. The van der Waals surface area contributed by atoms with Crippen LogP contribution >= 0.6 is 0 Å². The van der Waals surface area contributed by atoms with E-state index in [1.165, 1.54) is 26.4 Å². The van der Waals surface area contributed by atoms with Gasteiger partial charge in [-0.3, -0.25) is 4.79 Å². The lowest BCUT2D eigenvalue weighted by Crippen LogP contribution is -2.26. The van der Waals surface area contributed by atoms with Crippen LogP contribution in [0.15, 0.2) is 12.1 Å². The number of nitrogens with one attached hydrogen (secondary N) is 1. The Labute approximate surface area is 98.8 Å². The molecule has 6 nitrogen and oxygen atoms in total. The van der Waals surface area contributed by atoms with Crippen LogP contribution in [0.2, 0.25) is 0 Å². The second kappa shape index (κ2) is 5.95. The molecule has 17 heavy (non-hydrogen) atoms. The number of carbonyl (C=O) groups is 1. The zero-order valence-electron chi connectivity index (χ0n) is 9.69. The number of amides is 1. The van der Waals surface area contributed by atoms with Crippen LogP contribution in [0.5, 0.6) is 17.2 Å².